The van der Waals surface area contributed by atoms with Crippen molar-refractivity contribution in [3.8, 4) is 0 Å². The molecule has 2 saturated heterocycles. The molecule has 0 aromatic heterocycles. The van der Waals surface area contributed by atoms with Crippen molar-refractivity contribution in [2.24, 2.45) is 0 Å². The van der Waals surface area contributed by atoms with Crippen LogP contribution < -0.4 is 0 Å². The smallest absolute Gasteiger partial charge is 0.492 e. The average Bonchev–Trinajstić information content (AvgIpc) is 3.13. The number of halogens is 1. The molecule has 6 heteroatoms. The topological polar surface area (TPSA) is 30.9 Å². The minimum Gasteiger partial charge on any atom is -0.494 e. The largest absolute Gasteiger partial charge is 0.494 e. The van der Waals surface area contributed by atoms with Gasteiger partial charge in [-0.05, 0) is 32.3 Å². The molecule has 4 bridgehead atoms. The molecule has 4 nitrogen and oxygen atoms in total. The van der Waals surface area contributed by atoms with Gasteiger partial charge in [-0.3, -0.25) is 0 Å². The van der Waals surface area contributed by atoms with Crippen molar-refractivity contribution in [3.63, 3.8) is 0 Å². The summed E-state index contributed by atoms with van der Waals surface area (Å²) in [5.41, 5.74) is 2.64. The maximum Gasteiger partial charge on any atom is 0.492 e. The second kappa shape index (κ2) is 5.90. The molecule has 1 aromatic rings. The number of hydrogen-bond acceptors (Lipinski definition) is 4. The molecule has 1 aromatic carbocycles. The van der Waals surface area contributed by atoms with Crippen LogP contribution in [0.5, 0.6) is 0 Å². The summed E-state index contributed by atoms with van der Waals surface area (Å²) in [4.78, 5) is 2.38. The van der Waals surface area contributed by atoms with E-state index in [-0.39, 0.29) is 12.7 Å². The zero-order valence-corrected chi connectivity index (χ0v) is 16.7. The first-order valence-corrected chi connectivity index (χ1v) is 9.45. The third kappa shape index (κ3) is 2.66. The highest BCUT2D eigenvalue weighted by Crippen LogP contribution is 2.47. The van der Waals surface area contributed by atoms with Gasteiger partial charge in [0.25, 0.3) is 0 Å². The molecule has 3 aliphatic heterocycles. The SMILES string of the molecule is CO/C(=C1\CC2(C)OB(OC2(C)C)C2=CCN1C2)c1ccccc1Br. The van der Waals surface area contributed by atoms with E-state index in [4.69, 9.17) is 14.0 Å². The molecule has 1 unspecified atom stereocenters. The molecular formula is C19H23BBrNO3. The Morgan fingerprint density at radius 1 is 1.24 bits per heavy atom. The highest BCUT2D eigenvalue weighted by molar-refractivity contribution is 9.10. The summed E-state index contributed by atoms with van der Waals surface area (Å²) in [6.07, 6.45) is 2.97. The Labute approximate surface area is 158 Å². The lowest BCUT2D eigenvalue weighted by Gasteiger charge is -2.39. The van der Waals surface area contributed by atoms with E-state index in [0.717, 1.165) is 35.3 Å². The number of benzene rings is 1. The van der Waals surface area contributed by atoms with Crippen LogP contribution in [-0.4, -0.2) is 43.4 Å². The molecule has 3 heterocycles. The summed E-state index contributed by atoms with van der Waals surface area (Å²) in [6.45, 7) is 8.06. The van der Waals surface area contributed by atoms with Crippen molar-refractivity contribution in [2.75, 3.05) is 20.2 Å². The fourth-order valence-corrected chi connectivity index (χ4v) is 4.30. The summed E-state index contributed by atoms with van der Waals surface area (Å²) in [5, 5.41) is 0. The van der Waals surface area contributed by atoms with Crippen molar-refractivity contribution in [3.05, 3.63) is 51.5 Å². The highest BCUT2D eigenvalue weighted by atomic mass is 79.9. The molecule has 0 N–H and O–H groups in total. The van der Waals surface area contributed by atoms with Crippen molar-refractivity contribution >= 4 is 28.8 Å². The second-order valence-electron chi connectivity index (χ2n) is 7.60. The van der Waals surface area contributed by atoms with E-state index in [1.807, 2.05) is 18.2 Å². The van der Waals surface area contributed by atoms with Crippen LogP contribution in [-0.2, 0) is 14.0 Å². The molecule has 0 amide bonds. The van der Waals surface area contributed by atoms with Gasteiger partial charge in [0, 0.05) is 29.5 Å². The molecule has 3 aliphatic rings. The van der Waals surface area contributed by atoms with E-state index in [1.165, 1.54) is 11.2 Å². The van der Waals surface area contributed by atoms with Crippen LogP contribution in [0.1, 0.15) is 32.8 Å². The first-order valence-electron chi connectivity index (χ1n) is 8.66. The van der Waals surface area contributed by atoms with Crippen LogP contribution in [0.25, 0.3) is 5.76 Å². The number of hydrogen-bond donors (Lipinski definition) is 0. The Morgan fingerprint density at radius 2 is 2.00 bits per heavy atom. The molecule has 0 spiro atoms. The molecule has 132 valence electrons. The van der Waals surface area contributed by atoms with Crippen LogP contribution in [0, 0.1) is 0 Å². The van der Waals surface area contributed by atoms with Gasteiger partial charge in [0.15, 0.2) is 0 Å². The molecule has 0 radical (unpaired) electrons. The van der Waals surface area contributed by atoms with Gasteiger partial charge in [0.2, 0.25) is 0 Å². The molecule has 4 rings (SSSR count). The van der Waals surface area contributed by atoms with Gasteiger partial charge in [-0.1, -0.05) is 40.2 Å². The number of rotatable bonds is 2. The van der Waals surface area contributed by atoms with Crippen molar-refractivity contribution in [1.29, 1.82) is 0 Å². The van der Waals surface area contributed by atoms with Gasteiger partial charge >= 0.3 is 7.12 Å². The monoisotopic (exact) mass is 403 g/mol. The van der Waals surface area contributed by atoms with Crippen molar-refractivity contribution in [2.45, 2.75) is 38.4 Å². The average molecular weight is 404 g/mol. The standard InChI is InChI=1S/C19H23BBrNO3/c1-18(2)19(3)11-16(17(23-4)14-7-5-6-8-15(14)21)22-10-9-13(12-22)20(24-18)25-19/h5-9H,10-12H2,1-4H3/b17-16+. The maximum atomic E-state index is 6.41. The summed E-state index contributed by atoms with van der Waals surface area (Å²) < 4.78 is 19.6. The number of ether oxygens (including phenoxy) is 1. The minimum atomic E-state index is -0.417. The van der Waals surface area contributed by atoms with Gasteiger partial charge < -0.3 is 18.9 Å². The van der Waals surface area contributed by atoms with Gasteiger partial charge in [0.1, 0.15) is 5.76 Å². The Balaban J connectivity index is 1.87. The third-order valence-corrected chi connectivity index (χ3v) is 6.46. The summed E-state index contributed by atoms with van der Waals surface area (Å²) >= 11 is 3.67. The molecular weight excluding hydrogens is 381 g/mol. The number of fused-ring (bicyclic) bond motifs is 5. The van der Waals surface area contributed by atoms with E-state index in [0.29, 0.717) is 0 Å². The summed E-state index contributed by atoms with van der Waals surface area (Å²) in [5.74, 6) is 0.896. The van der Waals surface area contributed by atoms with Crippen LogP contribution in [0.2, 0.25) is 0 Å². The van der Waals surface area contributed by atoms with Crippen LogP contribution in [0.4, 0.5) is 0 Å². The molecule has 1 atom stereocenters. The van der Waals surface area contributed by atoms with Gasteiger partial charge in [-0.15, -0.1) is 0 Å². The Bertz CT molecular complexity index is 776. The fourth-order valence-electron chi connectivity index (χ4n) is 3.84. The first-order chi connectivity index (χ1) is 11.8. The molecule has 0 saturated carbocycles. The van der Waals surface area contributed by atoms with Gasteiger partial charge in [-0.2, -0.15) is 0 Å². The zero-order valence-electron chi connectivity index (χ0n) is 15.1. The van der Waals surface area contributed by atoms with E-state index in [9.17, 15) is 0 Å². The lowest BCUT2D eigenvalue weighted by Crippen LogP contribution is -2.46. The predicted molar refractivity (Wildman–Crippen MR) is 103 cm³/mol. The molecule has 25 heavy (non-hydrogen) atoms. The van der Waals surface area contributed by atoms with Crippen molar-refractivity contribution in [1.82, 2.24) is 4.90 Å². The Kier molecular flexibility index (Phi) is 4.06. The minimum absolute atomic E-state index is 0.235. The number of methoxy groups -OCH3 is 1. The zero-order chi connectivity index (χ0) is 17.8. The Hall–Kier alpha value is -1.24. The lowest BCUT2D eigenvalue weighted by molar-refractivity contribution is -0.0130. The van der Waals surface area contributed by atoms with Crippen LogP contribution in [0.15, 0.2) is 46.0 Å². The second-order valence-corrected chi connectivity index (χ2v) is 8.46. The van der Waals surface area contributed by atoms with Gasteiger partial charge in [0.05, 0.1) is 24.0 Å². The van der Waals surface area contributed by atoms with Crippen molar-refractivity contribution < 1.29 is 14.0 Å². The van der Waals surface area contributed by atoms with Crippen LogP contribution in [0.3, 0.4) is 0 Å². The third-order valence-electron chi connectivity index (χ3n) is 5.76. The number of nitrogens with zero attached hydrogens (tertiary/aromatic N) is 1. The fraction of sp³-hybridized carbons (Fsp3) is 0.474. The quantitative estimate of drug-likeness (QED) is 0.551. The summed E-state index contributed by atoms with van der Waals surface area (Å²) in [7, 11) is 1.51. The lowest BCUT2D eigenvalue weighted by atomic mass is 9.78. The van der Waals surface area contributed by atoms with Gasteiger partial charge in [-0.25, -0.2) is 0 Å². The highest BCUT2D eigenvalue weighted by Gasteiger charge is 2.57. The van der Waals surface area contributed by atoms with E-state index < -0.39 is 5.60 Å². The first kappa shape index (κ1) is 17.2. The molecule has 2 fully saturated rings. The van der Waals surface area contributed by atoms with Crippen LogP contribution >= 0.6 is 15.9 Å². The predicted octanol–water partition coefficient (Wildman–Crippen LogP) is 4.02. The van der Waals surface area contributed by atoms with E-state index in [1.54, 1.807) is 7.11 Å². The summed E-state index contributed by atoms with van der Waals surface area (Å²) in [6, 6.07) is 8.18. The Morgan fingerprint density at radius 3 is 2.72 bits per heavy atom. The van der Waals surface area contributed by atoms with E-state index in [2.05, 4.69) is 53.7 Å². The maximum absolute atomic E-state index is 6.41. The molecule has 0 aliphatic carbocycles. The van der Waals surface area contributed by atoms with E-state index >= 15 is 0 Å². The normalized spacial score (nSPS) is 29.2.